The maximum Gasteiger partial charge on any atom is 0.293 e. The fourth-order valence-electron chi connectivity index (χ4n) is 3.78. The molecule has 1 aliphatic heterocycles. The van der Waals surface area contributed by atoms with Crippen molar-refractivity contribution in [3.63, 3.8) is 0 Å². The van der Waals surface area contributed by atoms with Crippen LogP contribution >= 0.6 is 0 Å². The fourth-order valence-corrected chi connectivity index (χ4v) is 3.78. The van der Waals surface area contributed by atoms with Gasteiger partial charge in [-0.05, 0) is 24.7 Å². The third-order valence-corrected chi connectivity index (χ3v) is 5.53. The summed E-state index contributed by atoms with van der Waals surface area (Å²) >= 11 is 0. The number of nitrogens with zero attached hydrogens (tertiary/aromatic N) is 4. The molecule has 30 heavy (non-hydrogen) atoms. The number of pyridine rings is 1. The second kappa shape index (κ2) is 8.47. The Bertz CT molecular complexity index is 1080. The van der Waals surface area contributed by atoms with Gasteiger partial charge in [-0.2, -0.15) is 0 Å². The van der Waals surface area contributed by atoms with Crippen LogP contribution in [0.25, 0.3) is 10.9 Å². The summed E-state index contributed by atoms with van der Waals surface area (Å²) in [6.45, 7) is 4.67. The van der Waals surface area contributed by atoms with Crippen molar-refractivity contribution in [1.29, 1.82) is 0 Å². The summed E-state index contributed by atoms with van der Waals surface area (Å²) < 4.78 is 29.3. The molecule has 2 N–H and O–H groups in total. The number of rotatable bonds is 5. The Balaban J connectivity index is 1.71. The first-order valence-corrected chi connectivity index (χ1v) is 9.71. The van der Waals surface area contributed by atoms with Crippen molar-refractivity contribution >= 4 is 16.8 Å². The van der Waals surface area contributed by atoms with Gasteiger partial charge in [-0.25, -0.2) is 19.2 Å². The highest BCUT2D eigenvalue weighted by Crippen LogP contribution is 2.25. The van der Waals surface area contributed by atoms with E-state index < -0.39 is 17.5 Å². The lowest BCUT2D eigenvalue weighted by atomic mass is 10.1. The van der Waals surface area contributed by atoms with Gasteiger partial charge in [0.15, 0.2) is 0 Å². The zero-order chi connectivity index (χ0) is 21.3. The van der Waals surface area contributed by atoms with E-state index in [1.807, 2.05) is 10.8 Å². The van der Waals surface area contributed by atoms with Gasteiger partial charge in [0, 0.05) is 55.9 Å². The molecular weight excluding hydrogens is 392 g/mol. The topological polar surface area (TPSA) is 73.6 Å². The highest BCUT2D eigenvalue weighted by atomic mass is 19.1. The van der Waals surface area contributed by atoms with E-state index in [0.29, 0.717) is 12.1 Å². The van der Waals surface area contributed by atoms with Crippen LogP contribution in [-0.4, -0.2) is 63.7 Å². The predicted octanol–water partition coefficient (Wildman–Crippen LogP) is 2.23. The minimum atomic E-state index is -0.695. The minimum absolute atomic E-state index is 0.0929. The zero-order valence-corrected chi connectivity index (χ0v) is 16.6. The molecule has 9 heteroatoms. The zero-order valence-electron chi connectivity index (χ0n) is 16.6. The molecule has 0 radical (unpaired) electrons. The molecule has 1 saturated heterocycles. The molecule has 7 nitrogen and oxygen atoms in total. The molecule has 2 aromatic heterocycles. The van der Waals surface area contributed by atoms with Crippen molar-refractivity contribution in [2.45, 2.75) is 13.1 Å². The molecule has 1 aliphatic rings. The van der Waals surface area contributed by atoms with E-state index in [9.17, 15) is 13.6 Å². The second-order valence-corrected chi connectivity index (χ2v) is 7.63. The van der Waals surface area contributed by atoms with Gasteiger partial charge in [0.1, 0.15) is 17.3 Å². The van der Waals surface area contributed by atoms with Gasteiger partial charge in [0.05, 0.1) is 18.3 Å². The van der Waals surface area contributed by atoms with E-state index in [1.165, 1.54) is 18.3 Å². The largest absolute Gasteiger partial charge is 0.341 e. The Morgan fingerprint density at radius 1 is 1.13 bits per heavy atom. The SMILES string of the molecule is CN1CCN(Cc2cn(Cc3ccc(F)cc3F)c3cnc(C(=O)NO)cc23)CC1. The van der Waals surface area contributed by atoms with Gasteiger partial charge < -0.3 is 9.47 Å². The number of halogens is 2. The molecule has 3 aromatic rings. The standard InChI is InChI=1S/C21H23F2N5O2/c1-26-4-6-27(7-5-26)11-15-13-28(12-14-2-3-16(22)8-18(14)23)20-10-24-19(9-17(15)20)21(29)25-30/h2-3,8-10,13,30H,4-7,11-12H2,1H3,(H,25,29). The van der Waals surface area contributed by atoms with Gasteiger partial charge in [-0.15, -0.1) is 0 Å². The van der Waals surface area contributed by atoms with Crippen molar-refractivity contribution in [1.82, 2.24) is 24.8 Å². The van der Waals surface area contributed by atoms with E-state index in [2.05, 4.69) is 21.8 Å². The fraction of sp³-hybridized carbons (Fsp3) is 0.333. The summed E-state index contributed by atoms with van der Waals surface area (Å²) in [6.07, 6.45) is 3.46. The highest BCUT2D eigenvalue weighted by Gasteiger charge is 2.19. The van der Waals surface area contributed by atoms with Crippen molar-refractivity contribution in [2.24, 2.45) is 0 Å². The van der Waals surface area contributed by atoms with Gasteiger partial charge in [0.2, 0.25) is 0 Å². The molecule has 0 aliphatic carbocycles. The average Bonchev–Trinajstić information content (AvgIpc) is 3.07. The number of piperazine rings is 1. The minimum Gasteiger partial charge on any atom is -0.341 e. The summed E-state index contributed by atoms with van der Waals surface area (Å²) in [5.74, 6) is -1.92. The van der Waals surface area contributed by atoms with Gasteiger partial charge in [-0.3, -0.25) is 14.9 Å². The molecule has 1 amide bonds. The average molecular weight is 415 g/mol. The van der Waals surface area contributed by atoms with Crippen LogP contribution in [0.5, 0.6) is 0 Å². The third-order valence-electron chi connectivity index (χ3n) is 5.53. The van der Waals surface area contributed by atoms with Gasteiger partial charge in [0.25, 0.3) is 5.91 Å². The number of amides is 1. The molecule has 0 bridgehead atoms. The van der Waals surface area contributed by atoms with E-state index in [-0.39, 0.29) is 12.2 Å². The molecular formula is C21H23F2N5O2. The van der Waals surface area contributed by atoms with Crippen LogP contribution in [0.15, 0.2) is 36.7 Å². The number of hydrogen-bond acceptors (Lipinski definition) is 5. The number of aromatic nitrogens is 2. The summed E-state index contributed by atoms with van der Waals surface area (Å²) in [5.41, 5.74) is 3.76. The van der Waals surface area contributed by atoms with E-state index in [1.54, 1.807) is 11.5 Å². The summed E-state index contributed by atoms with van der Waals surface area (Å²) in [6, 6.07) is 5.16. The maximum absolute atomic E-state index is 14.2. The number of benzene rings is 1. The lowest BCUT2D eigenvalue weighted by molar-refractivity contribution is 0.0701. The van der Waals surface area contributed by atoms with Crippen LogP contribution < -0.4 is 5.48 Å². The number of carbonyl (C=O) groups excluding carboxylic acids is 1. The van der Waals surface area contributed by atoms with Crippen LogP contribution in [0.4, 0.5) is 8.78 Å². The molecule has 1 aromatic carbocycles. The van der Waals surface area contributed by atoms with Crippen molar-refractivity contribution < 1.29 is 18.8 Å². The Morgan fingerprint density at radius 3 is 2.60 bits per heavy atom. The monoisotopic (exact) mass is 415 g/mol. The van der Waals surface area contributed by atoms with Crippen molar-refractivity contribution in [3.8, 4) is 0 Å². The van der Waals surface area contributed by atoms with Crippen LogP contribution in [-0.2, 0) is 13.1 Å². The molecule has 3 heterocycles. The molecule has 0 unspecified atom stereocenters. The lowest BCUT2D eigenvalue weighted by Gasteiger charge is -2.32. The molecule has 158 valence electrons. The summed E-state index contributed by atoms with van der Waals surface area (Å²) in [5, 5.41) is 9.75. The predicted molar refractivity (Wildman–Crippen MR) is 107 cm³/mol. The first-order chi connectivity index (χ1) is 14.4. The first-order valence-electron chi connectivity index (χ1n) is 9.71. The lowest BCUT2D eigenvalue weighted by Crippen LogP contribution is -2.43. The van der Waals surface area contributed by atoms with E-state index >= 15 is 0 Å². The first kappa shape index (κ1) is 20.4. The normalized spacial score (nSPS) is 15.6. The van der Waals surface area contributed by atoms with Crippen LogP contribution in [0.1, 0.15) is 21.6 Å². The smallest absolute Gasteiger partial charge is 0.293 e. The van der Waals surface area contributed by atoms with Crippen LogP contribution in [0.2, 0.25) is 0 Å². The number of hydroxylamine groups is 1. The Hall–Kier alpha value is -2.88. The number of hydrogen-bond donors (Lipinski definition) is 2. The highest BCUT2D eigenvalue weighted by molar-refractivity contribution is 5.96. The molecule has 1 fully saturated rings. The van der Waals surface area contributed by atoms with Gasteiger partial charge >= 0.3 is 0 Å². The molecule has 0 atom stereocenters. The number of likely N-dealkylation sites (N-methyl/N-ethyl adjacent to an activating group) is 1. The Kier molecular flexibility index (Phi) is 5.76. The number of carbonyl (C=O) groups is 1. The number of nitrogens with one attached hydrogen (secondary N) is 1. The van der Waals surface area contributed by atoms with Gasteiger partial charge in [-0.1, -0.05) is 6.07 Å². The van der Waals surface area contributed by atoms with E-state index in [4.69, 9.17) is 5.21 Å². The maximum atomic E-state index is 14.2. The molecule has 4 rings (SSSR count). The third kappa shape index (κ3) is 4.18. The number of fused-ring (bicyclic) bond motifs is 1. The quantitative estimate of drug-likeness (QED) is 0.494. The molecule has 0 spiro atoms. The molecule has 0 saturated carbocycles. The second-order valence-electron chi connectivity index (χ2n) is 7.63. The Labute approximate surface area is 172 Å². The summed E-state index contributed by atoms with van der Waals surface area (Å²) in [7, 11) is 2.09. The Morgan fingerprint density at radius 2 is 1.90 bits per heavy atom. The van der Waals surface area contributed by atoms with Crippen LogP contribution in [0.3, 0.4) is 0 Å². The van der Waals surface area contributed by atoms with Crippen molar-refractivity contribution in [3.05, 3.63) is 65.1 Å². The van der Waals surface area contributed by atoms with E-state index in [0.717, 1.165) is 48.7 Å². The summed E-state index contributed by atoms with van der Waals surface area (Å²) in [4.78, 5) is 20.5. The van der Waals surface area contributed by atoms with Crippen LogP contribution in [0, 0.1) is 11.6 Å². The van der Waals surface area contributed by atoms with Crippen molar-refractivity contribution in [2.75, 3.05) is 33.2 Å².